The van der Waals surface area contributed by atoms with E-state index in [0.29, 0.717) is 25.7 Å². The van der Waals surface area contributed by atoms with Gasteiger partial charge in [0.1, 0.15) is 19.3 Å². The number of carbonyl (C=O) groups is 4. The van der Waals surface area contributed by atoms with Crippen LogP contribution < -0.4 is 0 Å². The number of ether oxygens (including phenoxy) is 4. The number of rotatable bonds is 71. The molecule has 0 saturated heterocycles. The highest BCUT2D eigenvalue weighted by Crippen LogP contribution is 2.45. The molecule has 0 aliphatic carbocycles. The Morgan fingerprint density at radius 3 is 0.912 bits per heavy atom. The highest BCUT2D eigenvalue weighted by Gasteiger charge is 2.30. The van der Waals surface area contributed by atoms with Gasteiger partial charge >= 0.3 is 39.5 Å². The van der Waals surface area contributed by atoms with Crippen molar-refractivity contribution in [2.24, 2.45) is 0 Å². The number of phosphoric ester groups is 2. The van der Waals surface area contributed by atoms with Gasteiger partial charge in [0.05, 0.1) is 32.8 Å². The lowest BCUT2D eigenvalue weighted by Gasteiger charge is -2.21. The van der Waals surface area contributed by atoms with Crippen molar-refractivity contribution in [3.05, 3.63) is 158 Å². The summed E-state index contributed by atoms with van der Waals surface area (Å²) in [5, 5.41) is 10.6. The second-order valence-electron chi connectivity index (χ2n) is 25.2. The molecule has 0 amide bonds. The molecular formula is C83H136O17P2. The van der Waals surface area contributed by atoms with Crippen LogP contribution in [0.25, 0.3) is 0 Å². The van der Waals surface area contributed by atoms with Crippen LogP contribution in [0, 0.1) is 0 Å². The van der Waals surface area contributed by atoms with Crippen molar-refractivity contribution in [1.29, 1.82) is 0 Å². The molecule has 0 aromatic rings. The van der Waals surface area contributed by atoms with E-state index in [1.165, 1.54) is 44.9 Å². The maximum absolute atomic E-state index is 13.1. The largest absolute Gasteiger partial charge is 0.472 e. The molecule has 0 aliphatic heterocycles. The van der Waals surface area contributed by atoms with Crippen LogP contribution in [0.2, 0.25) is 0 Å². The molecule has 0 fully saturated rings. The molecule has 0 radical (unpaired) electrons. The number of hydrogen-bond acceptors (Lipinski definition) is 15. The fraction of sp³-hybridized carbons (Fsp3) is 0.639. The summed E-state index contributed by atoms with van der Waals surface area (Å²) >= 11 is 0. The molecule has 0 aromatic carbocycles. The second kappa shape index (κ2) is 74.0. The normalized spacial score (nSPS) is 14.8. The Morgan fingerprint density at radius 1 is 0.294 bits per heavy atom. The third-order valence-electron chi connectivity index (χ3n) is 15.5. The zero-order valence-electron chi connectivity index (χ0n) is 63.2. The minimum atomic E-state index is -5.01. The minimum absolute atomic E-state index is 0.0541. The van der Waals surface area contributed by atoms with E-state index in [0.717, 1.165) is 161 Å². The first-order chi connectivity index (χ1) is 49.7. The van der Waals surface area contributed by atoms with E-state index in [2.05, 4.69) is 161 Å². The van der Waals surface area contributed by atoms with Crippen molar-refractivity contribution in [1.82, 2.24) is 0 Å². The lowest BCUT2D eigenvalue weighted by molar-refractivity contribution is -0.161. The molecule has 0 aliphatic rings. The minimum Gasteiger partial charge on any atom is -0.462 e. The molecule has 0 spiro atoms. The van der Waals surface area contributed by atoms with Gasteiger partial charge in [0, 0.05) is 19.3 Å². The molecule has 0 aromatic heterocycles. The molecule has 102 heavy (non-hydrogen) atoms. The number of allylic oxidation sites excluding steroid dienone is 25. The molecule has 0 rings (SSSR count). The fourth-order valence-corrected chi connectivity index (χ4v) is 11.2. The van der Waals surface area contributed by atoms with Crippen LogP contribution in [0.5, 0.6) is 0 Å². The highest BCUT2D eigenvalue weighted by atomic mass is 31.2. The predicted octanol–water partition coefficient (Wildman–Crippen LogP) is 22.4. The maximum atomic E-state index is 13.1. The van der Waals surface area contributed by atoms with Gasteiger partial charge in [-0.05, 0) is 154 Å². The SMILES string of the molecule is CC/C=C\C/C=C\C/C=C\C/C=C\C/C=C\CCCCCC(=O)OCC(COP(=O)(O)OCC(O)COP(=O)(O)OCC(COC(=O)C/C=C\C/C=C\C/C=C\C/C=C\C/C=C\CC)OC(=O)CCCCCCC/C=C\C/C=C\CCCCC)OC(=O)CCCCCCC/C=C\CCCCCC. The van der Waals surface area contributed by atoms with E-state index in [1.54, 1.807) is 6.08 Å². The van der Waals surface area contributed by atoms with E-state index in [-0.39, 0.29) is 25.7 Å². The van der Waals surface area contributed by atoms with Crippen LogP contribution in [0.15, 0.2) is 158 Å². The van der Waals surface area contributed by atoms with Crippen molar-refractivity contribution >= 4 is 39.5 Å². The Balaban J connectivity index is 5.47. The Kier molecular flexibility index (Phi) is 70.1. The van der Waals surface area contributed by atoms with Crippen LogP contribution >= 0.6 is 15.6 Å². The van der Waals surface area contributed by atoms with E-state index in [9.17, 15) is 43.2 Å². The van der Waals surface area contributed by atoms with Gasteiger partial charge in [0.2, 0.25) is 0 Å². The van der Waals surface area contributed by atoms with E-state index >= 15 is 0 Å². The summed E-state index contributed by atoms with van der Waals surface area (Å²) in [5.74, 6) is -2.39. The fourth-order valence-electron chi connectivity index (χ4n) is 9.64. The first-order valence-electron chi connectivity index (χ1n) is 38.7. The molecule has 17 nitrogen and oxygen atoms in total. The topological polar surface area (TPSA) is 237 Å². The van der Waals surface area contributed by atoms with Crippen LogP contribution in [0.3, 0.4) is 0 Å². The number of hydrogen-bond donors (Lipinski definition) is 3. The molecule has 3 N–H and O–H groups in total. The summed E-state index contributed by atoms with van der Waals surface area (Å²) in [5.41, 5.74) is 0. The summed E-state index contributed by atoms with van der Waals surface area (Å²) in [6, 6.07) is 0. The summed E-state index contributed by atoms with van der Waals surface area (Å²) in [4.78, 5) is 72.8. The Bertz CT molecular complexity index is 2550. The van der Waals surface area contributed by atoms with Crippen molar-refractivity contribution in [2.45, 2.75) is 303 Å². The van der Waals surface area contributed by atoms with Crippen LogP contribution in [0.4, 0.5) is 0 Å². The Hall–Kier alpha value is -5.32. The van der Waals surface area contributed by atoms with Gasteiger partial charge in [-0.3, -0.25) is 37.3 Å². The Morgan fingerprint density at radius 2 is 0.549 bits per heavy atom. The second-order valence-corrected chi connectivity index (χ2v) is 28.1. The number of esters is 4. The third kappa shape index (κ3) is 73.0. The predicted molar refractivity (Wildman–Crippen MR) is 417 cm³/mol. The van der Waals surface area contributed by atoms with Crippen molar-refractivity contribution < 1.29 is 80.2 Å². The monoisotopic (exact) mass is 1470 g/mol. The summed E-state index contributed by atoms with van der Waals surface area (Å²) < 4.78 is 68.3. The number of aliphatic hydroxyl groups is 1. The van der Waals surface area contributed by atoms with Gasteiger partial charge < -0.3 is 33.8 Å². The lowest BCUT2D eigenvalue weighted by Crippen LogP contribution is -2.30. The number of unbranched alkanes of at least 4 members (excludes halogenated alkanes) is 20. The zero-order valence-corrected chi connectivity index (χ0v) is 65.0. The standard InChI is InChI=1S/C83H136O17P2/c1-5-9-13-17-21-25-29-33-36-37-38-39-42-45-48-52-56-60-64-68-81(86)94-73-78(99-82(87)69-65-61-57-53-49-43-32-28-24-20-16-12-8-4)75-97-101(89,90)95-71-77(84)72-96-102(91,92)98-76-79(100-83(88)70-66-62-58-54-50-46-41-35-31-27-23-19-15-11-7-3)74-93-80(85)67-63-59-55-51-47-44-40-34-30-26-22-18-14-10-6-2/h9-10,13-14,21-23,25-28,32-36,38-41,45,47-48,51,59,63,77-79,84H,5-8,11-12,15-20,24,29-31,37,42-44,46,49-50,52-58,60-62,64-76H2,1-4H3,(H,89,90)(H,91,92)/b13-9-,14-10-,25-21-,26-22-,27-23-,32-28-,36-33-,39-38-,40-34-,41-35-,48-45-,51-47-,63-59-. The van der Waals surface area contributed by atoms with Gasteiger partial charge in [-0.15, -0.1) is 0 Å². The van der Waals surface area contributed by atoms with Crippen LogP contribution in [-0.2, 0) is 65.4 Å². The van der Waals surface area contributed by atoms with Crippen LogP contribution in [0.1, 0.15) is 285 Å². The summed E-state index contributed by atoms with van der Waals surface area (Å²) in [6.45, 7) is 4.41. The highest BCUT2D eigenvalue weighted by molar-refractivity contribution is 7.47. The quantitative estimate of drug-likeness (QED) is 0.0169. The van der Waals surface area contributed by atoms with Gasteiger partial charge in [-0.25, -0.2) is 9.13 Å². The summed E-state index contributed by atoms with van der Waals surface area (Å²) in [6.07, 6.45) is 85.5. The molecule has 5 unspecified atom stereocenters. The van der Waals surface area contributed by atoms with Crippen LogP contribution in [-0.4, -0.2) is 96.7 Å². The van der Waals surface area contributed by atoms with Gasteiger partial charge in [-0.1, -0.05) is 263 Å². The first-order valence-corrected chi connectivity index (χ1v) is 41.7. The molecule has 0 heterocycles. The van der Waals surface area contributed by atoms with Gasteiger partial charge in [0.15, 0.2) is 12.2 Å². The van der Waals surface area contributed by atoms with Gasteiger partial charge in [0.25, 0.3) is 0 Å². The van der Waals surface area contributed by atoms with Crippen molar-refractivity contribution in [2.75, 3.05) is 39.6 Å². The zero-order chi connectivity index (χ0) is 74.6. The third-order valence-corrected chi connectivity index (χ3v) is 17.4. The summed E-state index contributed by atoms with van der Waals surface area (Å²) in [7, 11) is -10.0. The number of carbonyl (C=O) groups excluding carboxylic acids is 4. The average molecular weight is 1470 g/mol. The number of phosphoric acid groups is 2. The smallest absolute Gasteiger partial charge is 0.462 e. The van der Waals surface area contributed by atoms with E-state index in [4.69, 9.17) is 37.0 Å². The molecule has 19 heteroatoms. The molecule has 0 bridgehead atoms. The van der Waals surface area contributed by atoms with E-state index < -0.39 is 97.5 Å². The van der Waals surface area contributed by atoms with Crippen molar-refractivity contribution in [3.8, 4) is 0 Å². The Labute approximate surface area is 617 Å². The lowest BCUT2D eigenvalue weighted by atomic mass is 10.1. The molecule has 580 valence electrons. The van der Waals surface area contributed by atoms with E-state index in [1.807, 2.05) is 18.2 Å². The van der Waals surface area contributed by atoms with Gasteiger partial charge in [-0.2, -0.15) is 0 Å². The maximum Gasteiger partial charge on any atom is 0.472 e. The van der Waals surface area contributed by atoms with Crippen molar-refractivity contribution in [3.63, 3.8) is 0 Å². The first kappa shape index (κ1) is 96.7. The number of aliphatic hydroxyl groups excluding tert-OH is 1. The molecule has 0 saturated carbocycles. The average Bonchev–Trinajstić information content (AvgIpc) is 0.908. The molecular weight excluding hydrogens is 1330 g/mol. The molecule has 5 atom stereocenters.